The molecule has 1 amide bonds. The monoisotopic (exact) mass is 469 g/mol. The number of morpholine rings is 1. The molecular weight excluding hydrogens is 429 g/mol. The van der Waals surface area contributed by atoms with Gasteiger partial charge in [0.1, 0.15) is 11.4 Å². The highest BCUT2D eigenvalue weighted by atomic mass is 28.4. The van der Waals surface area contributed by atoms with Gasteiger partial charge in [-0.2, -0.15) is 0 Å². The van der Waals surface area contributed by atoms with Crippen molar-refractivity contribution in [3.63, 3.8) is 0 Å². The first-order valence-electron chi connectivity index (χ1n) is 11.2. The SMILES string of the molecule is CC(C)(C)OC(=O)N1C[C@@H](CCc2c(N)cncc2F)O[C@H](CO[Si](C)(C)C(C)(C)C)C1. The van der Waals surface area contributed by atoms with Crippen molar-refractivity contribution >= 4 is 20.1 Å². The average molecular weight is 470 g/mol. The second-order valence-corrected chi connectivity index (χ2v) is 15.9. The molecule has 9 heteroatoms. The molecule has 0 bridgehead atoms. The number of aromatic nitrogens is 1. The summed E-state index contributed by atoms with van der Waals surface area (Å²) in [6.45, 7) is 17.6. The lowest BCUT2D eigenvalue weighted by Crippen LogP contribution is -2.54. The molecule has 0 aromatic carbocycles. The molecule has 1 aliphatic rings. The van der Waals surface area contributed by atoms with Crippen LogP contribution in [-0.4, -0.2) is 61.8 Å². The van der Waals surface area contributed by atoms with E-state index in [0.29, 0.717) is 43.8 Å². The van der Waals surface area contributed by atoms with Gasteiger partial charge < -0.3 is 24.5 Å². The van der Waals surface area contributed by atoms with E-state index in [1.54, 1.807) is 4.90 Å². The number of carbonyl (C=O) groups excluding carboxylic acids is 1. The fourth-order valence-electron chi connectivity index (χ4n) is 3.21. The molecule has 1 aliphatic heterocycles. The number of nitrogen functional groups attached to an aromatic ring is 1. The van der Waals surface area contributed by atoms with E-state index < -0.39 is 19.7 Å². The molecule has 182 valence electrons. The average Bonchev–Trinajstić information content (AvgIpc) is 2.63. The van der Waals surface area contributed by atoms with E-state index in [2.05, 4.69) is 38.8 Å². The molecule has 2 atom stereocenters. The molecule has 1 fully saturated rings. The first-order valence-corrected chi connectivity index (χ1v) is 14.1. The zero-order chi connectivity index (χ0) is 24.3. The number of amides is 1. The van der Waals surface area contributed by atoms with Crippen molar-refractivity contribution in [1.29, 1.82) is 0 Å². The van der Waals surface area contributed by atoms with Gasteiger partial charge in [0.15, 0.2) is 8.32 Å². The van der Waals surface area contributed by atoms with Gasteiger partial charge in [0.25, 0.3) is 0 Å². The Balaban J connectivity index is 2.11. The van der Waals surface area contributed by atoms with Crippen molar-refractivity contribution in [2.75, 3.05) is 25.4 Å². The van der Waals surface area contributed by atoms with Crippen LogP contribution in [0.3, 0.4) is 0 Å². The summed E-state index contributed by atoms with van der Waals surface area (Å²) in [7, 11) is -1.97. The summed E-state index contributed by atoms with van der Waals surface area (Å²) in [4.78, 5) is 18.2. The van der Waals surface area contributed by atoms with Crippen LogP contribution in [0, 0.1) is 5.82 Å². The van der Waals surface area contributed by atoms with Crippen LogP contribution < -0.4 is 5.73 Å². The van der Waals surface area contributed by atoms with Crippen molar-refractivity contribution in [1.82, 2.24) is 9.88 Å². The number of nitrogens with zero attached hydrogens (tertiary/aromatic N) is 2. The molecule has 1 aromatic rings. The molecule has 0 unspecified atom stereocenters. The molecule has 1 aromatic heterocycles. The van der Waals surface area contributed by atoms with Crippen molar-refractivity contribution in [2.45, 2.75) is 90.3 Å². The number of halogens is 1. The molecule has 0 aliphatic carbocycles. The Labute approximate surface area is 192 Å². The summed E-state index contributed by atoms with van der Waals surface area (Å²) in [6, 6.07) is 0. The summed E-state index contributed by atoms with van der Waals surface area (Å²) in [6.07, 6.45) is 2.58. The molecular formula is C23H40FN3O4Si. The first kappa shape index (κ1) is 26.5. The maximum absolute atomic E-state index is 14.2. The summed E-state index contributed by atoms with van der Waals surface area (Å²) in [5.41, 5.74) is 6.06. The summed E-state index contributed by atoms with van der Waals surface area (Å²) >= 11 is 0. The number of hydrogen-bond donors (Lipinski definition) is 1. The quantitative estimate of drug-likeness (QED) is 0.605. The predicted molar refractivity (Wildman–Crippen MR) is 127 cm³/mol. The number of nitrogens with two attached hydrogens (primary N) is 1. The van der Waals surface area contributed by atoms with Crippen molar-refractivity contribution in [2.24, 2.45) is 0 Å². The molecule has 1 saturated heterocycles. The molecule has 32 heavy (non-hydrogen) atoms. The number of anilines is 1. The third-order valence-corrected chi connectivity index (χ3v) is 10.6. The number of hydrogen-bond acceptors (Lipinski definition) is 6. The largest absolute Gasteiger partial charge is 0.444 e. The second kappa shape index (κ2) is 10.1. The highest BCUT2D eigenvalue weighted by Gasteiger charge is 2.39. The van der Waals surface area contributed by atoms with E-state index in [9.17, 15) is 9.18 Å². The summed E-state index contributed by atoms with van der Waals surface area (Å²) in [5.74, 6) is -0.428. The number of carbonyl (C=O) groups is 1. The van der Waals surface area contributed by atoms with Crippen LogP contribution >= 0.6 is 0 Å². The Bertz CT molecular complexity index is 772. The minimum absolute atomic E-state index is 0.0717. The number of rotatable bonds is 6. The minimum Gasteiger partial charge on any atom is -0.444 e. The Morgan fingerprint density at radius 3 is 2.41 bits per heavy atom. The van der Waals surface area contributed by atoms with Gasteiger partial charge in [-0.05, 0) is 51.7 Å². The van der Waals surface area contributed by atoms with E-state index in [1.165, 1.54) is 6.20 Å². The van der Waals surface area contributed by atoms with E-state index in [0.717, 1.165) is 6.20 Å². The predicted octanol–water partition coefficient (Wildman–Crippen LogP) is 4.76. The maximum atomic E-state index is 14.2. The normalized spacial score (nSPS) is 20.3. The minimum atomic E-state index is -1.97. The van der Waals surface area contributed by atoms with Crippen LogP contribution in [0.4, 0.5) is 14.9 Å². The van der Waals surface area contributed by atoms with Gasteiger partial charge in [-0.25, -0.2) is 9.18 Å². The van der Waals surface area contributed by atoms with Crippen molar-refractivity contribution < 1.29 is 23.1 Å². The fraction of sp³-hybridized carbons (Fsp3) is 0.739. The van der Waals surface area contributed by atoms with Gasteiger partial charge in [-0.15, -0.1) is 0 Å². The third kappa shape index (κ3) is 7.42. The van der Waals surface area contributed by atoms with Crippen molar-refractivity contribution in [3.05, 3.63) is 23.8 Å². The smallest absolute Gasteiger partial charge is 0.410 e. The van der Waals surface area contributed by atoms with Crippen LogP contribution in [0.1, 0.15) is 53.5 Å². The lowest BCUT2D eigenvalue weighted by atomic mass is 10.0. The van der Waals surface area contributed by atoms with Gasteiger partial charge in [-0.1, -0.05) is 20.8 Å². The molecule has 2 heterocycles. The van der Waals surface area contributed by atoms with Crippen LogP contribution in [0.15, 0.2) is 12.4 Å². The van der Waals surface area contributed by atoms with E-state index >= 15 is 0 Å². The molecule has 2 N–H and O–H groups in total. The van der Waals surface area contributed by atoms with Crippen molar-refractivity contribution in [3.8, 4) is 0 Å². The van der Waals surface area contributed by atoms with Crippen LogP contribution in [0.2, 0.25) is 18.1 Å². The van der Waals surface area contributed by atoms with Gasteiger partial charge in [0.2, 0.25) is 0 Å². The van der Waals surface area contributed by atoms with Crippen LogP contribution in [-0.2, 0) is 20.3 Å². The van der Waals surface area contributed by atoms with E-state index in [-0.39, 0.29) is 23.3 Å². The summed E-state index contributed by atoms with van der Waals surface area (Å²) < 4.78 is 32.4. The van der Waals surface area contributed by atoms with Gasteiger partial charge >= 0.3 is 6.09 Å². The molecule has 7 nitrogen and oxygen atoms in total. The highest BCUT2D eigenvalue weighted by Crippen LogP contribution is 2.37. The van der Waals surface area contributed by atoms with Gasteiger partial charge in [-0.3, -0.25) is 4.98 Å². The Morgan fingerprint density at radius 2 is 1.84 bits per heavy atom. The third-order valence-electron chi connectivity index (χ3n) is 6.08. The Kier molecular flexibility index (Phi) is 8.34. The van der Waals surface area contributed by atoms with Crippen LogP contribution in [0.5, 0.6) is 0 Å². The lowest BCUT2D eigenvalue weighted by Gasteiger charge is -2.41. The number of pyridine rings is 1. The first-order chi connectivity index (χ1) is 14.6. The topological polar surface area (TPSA) is 86.9 Å². The molecule has 2 rings (SSSR count). The highest BCUT2D eigenvalue weighted by molar-refractivity contribution is 6.74. The second-order valence-electron chi connectivity index (χ2n) is 11.1. The molecule has 0 spiro atoms. The number of ether oxygens (including phenoxy) is 2. The lowest BCUT2D eigenvalue weighted by molar-refractivity contribution is -0.103. The van der Waals surface area contributed by atoms with Gasteiger partial charge in [0, 0.05) is 5.56 Å². The maximum Gasteiger partial charge on any atom is 0.410 e. The standard InChI is InChI=1S/C23H40FN3O4Si/c1-22(2,3)31-21(28)27-13-16(9-10-18-19(24)11-26-12-20(18)25)30-17(14-27)15-29-32(7,8)23(4,5)6/h11-12,16-17H,9-10,13-15,25H2,1-8H3/t16-,17+/m1/s1. The van der Waals surface area contributed by atoms with Gasteiger partial charge in [0.05, 0.1) is 50.0 Å². The zero-order valence-electron chi connectivity index (χ0n) is 20.8. The van der Waals surface area contributed by atoms with E-state index in [1.807, 2.05) is 20.8 Å². The van der Waals surface area contributed by atoms with E-state index in [4.69, 9.17) is 19.6 Å². The zero-order valence-corrected chi connectivity index (χ0v) is 21.8. The summed E-state index contributed by atoms with van der Waals surface area (Å²) in [5, 5.41) is 0.0717. The fourth-order valence-corrected chi connectivity index (χ4v) is 4.25. The molecule has 0 radical (unpaired) electrons. The Hall–Kier alpha value is -1.71. The van der Waals surface area contributed by atoms with Crippen LogP contribution in [0.25, 0.3) is 0 Å². The molecule has 0 saturated carbocycles. The Morgan fingerprint density at radius 1 is 1.22 bits per heavy atom.